The topological polar surface area (TPSA) is 77.7 Å². The number of aryl methyl sites for hydroxylation is 2. The smallest absolute Gasteiger partial charge is 0.407 e. The van der Waals surface area contributed by atoms with Gasteiger partial charge < -0.3 is 19.7 Å². The lowest BCUT2D eigenvalue weighted by Gasteiger charge is -2.34. The third kappa shape index (κ3) is 5.33. The van der Waals surface area contributed by atoms with E-state index in [1.54, 1.807) is 16.2 Å². The maximum atomic E-state index is 13.0. The summed E-state index contributed by atoms with van der Waals surface area (Å²) in [5.41, 5.74) is 3.98. The standard InChI is InChI=1S/C22H36N4O4Si/c1-16-7-8-18-20(19(16)25-11-9-17(10-12-25)30-21(27)23-2)24(3)22(28)26(18)15-29-13-14-31(4,5)6/h7-8,17H,9-15H2,1-6H3,(H,23,27). The Labute approximate surface area is 185 Å². The van der Waals surface area contributed by atoms with Gasteiger partial charge in [-0.15, -0.1) is 0 Å². The lowest BCUT2D eigenvalue weighted by atomic mass is 10.0. The second-order valence-corrected chi connectivity index (χ2v) is 15.2. The van der Waals surface area contributed by atoms with E-state index in [-0.39, 0.29) is 24.6 Å². The van der Waals surface area contributed by atoms with E-state index in [2.05, 4.69) is 42.8 Å². The number of piperidine rings is 1. The first-order valence-corrected chi connectivity index (χ1v) is 14.7. The van der Waals surface area contributed by atoms with Crippen LogP contribution in [0.2, 0.25) is 25.7 Å². The van der Waals surface area contributed by atoms with Crippen LogP contribution in [0.4, 0.5) is 10.5 Å². The van der Waals surface area contributed by atoms with Gasteiger partial charge in [-0.05, 0) is 24.6 Å². The molecule has 8 nitrogen and oxygen atoms in total. The Bertz CT molecular complexity index is 984. The summed E-state index contributed by atoms with van der Waals surface area (Å²) in [6.45, 7) is 11.5. The van der Waals surface area contributed by atoms with Crippen molar-refractivity contribution in [1.29, 1.82) is 0 Å². The zero-order valence-electron chi connectivity index (χ0n) is 19.7. The van der Waals surface area contributed by atoms with Gasteiger partial charge in [-0.2, -0.15) is 0 Å². The average Bonchev–Trinajstić information content (AvgIpc) is 2.96. The lowest BCUT2D eigenvalue weighted by molar-refractivity contribution is 0.0849. The van der Waals surface area contributed by atoms with Crippen molar-refractivity contribution in [1.82, 2.24) is 14.5 Å². The predicted molar refractivity (Wildman–Crippen MR) is 127 cm³/mol. The van der Waals surface area contributed by atoms with Crippen LogP contribution in [-0.2, 0) is 23.3 Å². The Balaban J connectivity index is 1.82. The van der Waals surface area contributed by atoms with Crippen molar-refractivity contribution in [2.75, 3.05) is 31.6 Å². The second kappa shape index (κ2) is 9.48. The van der Waals surface area contributed by atoms with Gasteiger partial charge in [0.2, 0.25) is 0 Å². The number of amides is 1. The van der Waals surface area contributed by atoms with Crippen LogP contribution in [0.25, 0.3) is 11.0 Å². The van der Waals surface area contributed by atoms with E-state index in [4.69, 9.17) is 9.47 Å². The molecule has 3 rings (SSSR count). The Morgan fingerprint density at radius 3 is 2.52 bits per heavy atom. The Morgan fingerprint density at radius 2 is 1.90 bits per heavy atom. The number of carbonyl (C=O) groups is 1. The number of fused-ring (bicyclic) bond motifs is 1. The zero-order valence-corrected chi connectivity index (χ0v) is 20.7. The number of alkyl carbamates (subject to hydrolysis) is 1. The number of carbonyl (C=O) groups excluding carboxylic acids is 1. The molecule has 1 fully saturated rings. The van der Waals surface area contributed by atoms with Crippen molar-refractivity contribution in [3.8, 4) is 0 Å². The molecule has 1 aromatic heterocycles. The summed E-state index contributed by atoms with van der Waals surface area (Å²) in [5, 5.41) is 2.51. The number of hydrogen-bond acceptors (Lipinski definition) is 5. The first kappa shape index (κ1) is 23.4. The minimum atomic E-state index is -1.17. The van der Waals surface area contributed by atoms with Crippen LogP contribution in [0, 0.1) is 6.92 Å². The molecule has 0 atom stereocenters. The number of hydrogen-bond donors (Lipinski definition) is 1. The molecule has 1 saturated heterocycles. The van der Waals surface area contributed by atoms with Crippen molar-refractivity contribution in [3.05, 3.63) is 28.2 Å². The summed E-state index contributed by atoms with van der Waals surface area (Å²) in [6.07, 6.45) is 1.06. The molecule has 0 aliphatic carbocycles. The number of benzene rings is 1. The molecule has 0 bridgehead atoms. The minimum absolute atomic E-state index is 0.0623. The molecule has 0 radical (unpaired) electrons. The van der Waals surface area contributed by atoms with Crippen LogP contribution < -0.4 is 15.9 Å². The van der Waals surface area contributed by atoms with Gasteiger partial charge in [-0.3, -0.25) is 9.13 Å². The van der Waals surface area contributed by atoms with Gasteiger partial charge in [-0.1, -0.05) is 25.7 Å². The van der Waals surface area contributed by atoms with E-state index in [0.29, 0.717) is 6.61 Å². The van der Waals surface area contributed by atoms with Crippen LogP contribution in [-0.4, -0.2) is 56.1 Å². The molecule has 31 heavy (non-hydrogen) atoms. The van der Waals surface area contributed by atoms with Gasteiger partial charge in [-0.25, -0.2) is 9.59 Å². The largest absolute Gasteiger partial charge is 0.446 e. The molecular formula is C22H36N4O4Si. The highest BCUT2D eigenvalue weighted by atomic mass is 28.3. The second-order valence-electron chi connectivity index (χ2n) is 9.56. The fourth-order valence-corrected chi connectivity index (χ4v) is 4.82. The van der Waals surface area contributed by atoms with Crippen molar-refractivity contribution in [2.45, 2.75) is 58.3 Å². The summed E-state index contributed by atoms with van der Waals surface area (Å²) in [7, 11) is 2.22. The lowest BCUT2D eigenvalue weighted by Crippen LogP contribution is -2.39. The monoisotopic (exact) mass is 448 g/mol. The molecule has 9 heteroatoms. The summed E-state index contributed by atoms with van der Waals surface area (Å²) < 4.78 is 14.8. The predicted octanol–water partition coefficient (Wildman–Crippen LogP) is 3.29. The van der Waals surface area contributed by atoms with Crippen molar-refractivity contribution in [3.63, 3.8) is 0 Å². The van der Waals surface area contributed by atoms with Gasteiger partial charge in [0.1, 0.15) is 12.8 Å². The minimum Gasteiger partial charge on any atom is -0.446 e. The van der Waals surface area contributed by atoms with Crippen molar-refractivity contribution >= 4 is 30.9 Å². The number of aromatic nitrogens is 2. The molecule has 2 heterocycles. The molecule has 172 valence electrons. The summed E-state index contributed by atoms with van der Waals surface area (Å²) >= 11 is 0. The van der Waals surface area contributed by atoms with Crippen molar-refractivity contribution in [2.24, 2.45) is 7.05 Å². The molecule has 1 aromatic carbocycles. The van der Waals surface area contributed by atoms with Crippen LogP contribution in [0.15, 0.2) is 16.9 Å². The molecule has 0 unspecified atom stereocenters. The molecule has 1 aliphatic heterocycles. The summed E-state index contributed by atoms with van der Waals surface area (Å²) in [4.78, 5) is 26.8. The Kier molecular flexibility index (Phi) is 7.16. The highest BCUT2D eigenvalue weighted by molar-refractivity contribution is 6.76. The first-order chi connectivity index (χ1) is 14.6. The molecule has 2 aromatic rings. The van der Waals surface area contributed by atoms with Crippen LogP contribution in [0.5, 0.6) is 0 Å². The number of nitrogens with one attached hydrogen (secondary N) is 1. The third-order valence-electron chi connectivity index (χ3n) is 5.93. The van der Waals surface area contributed by atoms with Gasteiger partial charge in [0.25, 0.3) is 0 Å². The van der Waals surface area contributed by atoms with Crippen LogP contribution >= 0.6 is 0 Å². The number of ether oxygens (including phenoxy) is 2. The first-order valence-electron chi connectivity index (χ1n) is 11.0. The number of imidazole rings is 1. The SMILES string of the molecule is CNC(=O)OC1CCN(c2c(C)ccc3c2n(C)c(=O)n3COCC[Si](C)(C)C)CC1. The quantitative estimate of drug-likeness (QED) is 0.520. The van der Waals surface area contributed by atoms with Crippen LogP contribution in [0.3, 0.4) is 0 Å². The summed E-state index contributed by atoms with van der Waals surface area (Å²) in [6, 6.07) is 5.16. The number of rotatable bonds is 7. The molecule has 1 amide bonds. The highest BCUT2D eigenvalue weighted by Gasteiger charge is 2.26. The molecular weight excluding hydrogens is 412 g/mol. The van der Waals surface area contributed by atoms with Crippen LogP contribution in [0.1, 0.15) is 18.4 Å². The van der Waals surface area contributed by atoms with E-state index >= 15 is 0 Å². The maximum absolute atomic E-state index is 13.0. The van der Waals surface area contributed by atoms with E-state index in [9.17, 15) is 9.59 Å². The molecule has 0 saturated carbocycles. The fourth-order valence-electron chi connectivity index (χ4n) is 4.06. The fraction of sp³-hybridized carbons (Fsp3) is 0.636. The van der Waals surface area contributed by atoms with E-state index in [1.165, 1.54) is 0 Å². The van der Waals surface area contributed by atoms with Crippen molar-refractivity contribution < 1.29 is 14.3 Å². The van der Waals surface area contributed by atoms with E-state index in [0.717, 1.165) is 54.3 Å². The number of anilines is 1. The van der Waals surface area contributed by atoms with E-state index < -0.39 is 8.07 Å². The van der Waals surface area contributed by atoms with Gasteiger partial charge in [0.15, 0.2) is 0 Å². The average molecular weight is 449 g/mol. The Hall–Kier alpha value is -2.26. The highest BCUT2D eigenvalue weighted by Crippen LogP contribution is 2.32. The number of nitrogens with zero attached hydrogens (tertiary/aromatic N) is 3. The van der Waals surface area contributed by atoms with Gasteiger partial charge in [0.05, 0.1) is 16.7 Å². The Morgan fingerprint density at radius 1 is 1.23 bits per heavy atom. The molecule has 0 spiro atoms. The van der Waals surface area contributed by atoms with E-state index in [1.807, 2.05) is 13.1 Å². The zero-order chi connectivity index (χ0) is 22.8. The van der Waals surface area contributed by atoms with Gasteiger partial charge in [0, 0.05) is 54.7 Å². The van der Waals surface area contributed by atoms with Gasteiger partial charge >= 0.3 is 11.8 Å². The molecule has 1 N–H and O–H groups in total. The maximum Gasteiger partial charge on any atom is 0.407 e. The normalized spacial score (nSPS) is 15.5. The summed E-state index contributed by atoms with van der Waals surface area (Å²) in [5.74, 6) is 0. The molecule has 1 aliphatic rings. The third-order valence-corrected chi connectivity index (χ3v) is 7.63.